The summed E-state index contributed by atoms with van der Waals surface area (Å²) in [7, 11) is 0. The number of halogens is 1. The first-order valence-corrected chi connectivity index (χ1v) is 5.46. The maximum Gasteiger partial charge on any atom is 0.339 e. The van der Waals surface area contributed by atoms with Crippen molar-refractivity contribution >= 4 is 27.7 Å². The number of nitrogens with one attached hydrogen (secondary N) is 1. The molecule has 15 heavy (non-hydrogen) atoms. The molecule has 0 aromatic carbocycles. The summed E-state index contributed by atoms with van der Waals surface area (Å²) in [4.78, 5) is 15.1. The molecule has 1 aliphatic rings. The van der Waals surface area contributed by atoms with E-state index in [4.69, 9.17) is 5.11 Å². The van der Waals surface area contributed by atoms with E-state index in [2.05, 4.69) is 33.2 Å². The molecule has 0 bridgehead atoms. The highest BCUT2D eigenvalue weighted by Gasteiger charge is 2.38. The van der Waals surface area contributed by atoms with Crippen LogP contribution in [0.1, 0.15) is 30.1 Å². The molecule has 1 aliphatic carbocycles. The third-order valence-electron chi connectivity index (χ3n) is 2.50. The molecule has 5 heteroatoms. The van der Waals surface area contributed by atoms with Crippen molar-refractivity contribution in [1.82, 2.24) is 4.98 Å². The first kappa shape index (κ1) is 10.4. The van der Waals surface area contributed by atoms with Crippen molar-refractivity contribution in [2.24, 2.45) is 0 Å². The predicted octanol–water partition coefficient (Wildman–Crippen LogP) is 2.51. The molecule has 2 N–H and O–H groups in total. The van der Waals surface area contributed by atoms with E-state index in [9.17, 15) is 4.79 Å². The molecule has 0 aliphatic heterocycles. The van der Waals surface area contributed by atoms with Gasteiger partial charge in [-0.05, 0) is 41.8 Å². The van der Waals surface area contributed by atoms with E-state index in [0.29, 0.717) is 10.3 Å². The van der Waals surface area contributed by atoms with Gasteiger partial charge in [-0.25, -0.2) is 9.78 Å². The van der Waals surface area contributed by atoms with E-state index in [0.717, 1.165) is 12.8 Å². The molecule has 1 aromatic heterocycles. The number of pyridine rings is 1. The van der Waals surface area contributed by atoms with Crippen LogP contribution in [0, 0.1) is 0 Å². The lowest BCUT2D eigenvalue weighted by molar-refractivity contribution is 0.0697. The first-order valence-electron chi connectivity index (χ1n) is 4.67. The number of carboxylic acid groups (broad SMARTS) is 1. The minimum atomic E-state index is -0.962. The lowest BCUT2D eigenvalue weighted by Gasteiger charge is -2.14. The van der Waals surface area contributed by atoms with Crippen molar-refractivity contribution < 1.29 is 9.90 Å². The fourth-order valence-corrected chi connectivity index (χ4v) is 1.63. The highest BCUT2D eigenvalue weighted by Crippen LogP contribution is 2.38. The topological polar surface area (TPSA) is 62.2 Å². The number of carboxylic acids is 1. The van der Waals surface area contributed by atoms with Crippen LogP contribution >= 0.6 is 15.9 Å². The molecule has 0 spiro atoms. The molecule has 80 valence electrons. The van der Waals surface area contributed by atoms with Gasteiger partial charge < -0.3 is 10.4 Å². The summed E-state index contributed by atoms with van der Waals surface area (Å²) in [5.41, 5.74) is 0.239. The van der Waals surface area contributed by atoms with Gasteiger partial charge in [0.05, 0.1) is 0 Å². The Morgan fingerprint density at radius 3 is 2.87 bits per heavy atom. The van der Waals surface area contributed by atoms with E-state index < -0.39 is 5.97 Å². The maximum absolute atomic E-state index is 11.0. The average Bonchev–Trinajstić information content (AvgIpc) is 2.87. The second kappa shape index (κ2) is 3.48. The summed E-state index contributed by atoms with van der Waals surface area (Å²) in [6.07, 6.45) is 3.72. The van der Waals surface area contributed by atoms with Crippen LogP contribution in [0.5, 0.6) is 0 Å². The molecule has 0 saturated heterocycles. The molecule has 4 nitrogen and oxygen atoms in total. The minimum absolute atomic E-state index is 0.0328. The Hall–Kier alpha value is -1.10. The Morgan fingerprint density at radius 1 is 1.67 bits per heavy atom. The van der Waals surface area contributed by atoms with E-state index >= 15 is 0 Å². The molecule has 1 heterocycles. The van der Waals surface area contributed by atoms with Gasteiger partial charge in [0.2, 0.25) is 0 Å². The SMILES string of the molecule is CC1(Nc2ncc(Br)cc2C(=O)O)CC1. The zero-order valence-corrected chi connectivity index (χ0v) is 9.84. The van der Waals surface area contributed by atoms with Crippen LogP contribution in [0.25, 0.3) is 0 Å². The number of anilines is 1. The molecule has 0 unspecified atom stereocenters. The summed E-state index contributed by atoms with van der Waals surface area (Å²) in [5.74, 6) is -0.513. The van der Waals surface area contributed by atoms with Gasteiger partial charge in [0.15, 0.2) is 0 Å². The summed E-state index contributed by atoms with van der Waals surface area (Å²) in [6.45, 7) is 2.06. The molecule has 0 radical (unpaired) electrons. The van der Waals surface area contributed by atoms with Crippen LogP contribution in [0.4, 0.5) is 5.82 Å². The lowest BCUT2D eigenvalue weighted by Crippen LogP contribution is -2.19. The van der Waals surface area contributed by atoms with Crippen molar-refractivity contribution in [3.05, 3.63) is 22.3 Å². The van der Waals surface area contributed by atoms with Gasteiger partial charge in [0.25, 0.3) is 0 Å². The molecular weight excluding hydrogens is 260 g/mol. The number of carbonyl (C=O) groups is 1. The summed E-state index contributed by atoms with van der Waals surface area (Å²) >= 11 is 3.21. The second-order valence-electron chi connectivity index (χ2n) is 4.04. The van der Waals surface area contributed by atoms with Crippen LogP contribution in [-0.4, -0.2) is 21.6 Å². The molecule has 0 amide bonds. The van der Waals surface area contributed by atoms with Gasteiger partial charge in [-0.2, -0.15) is 0 Å². The summed E-state index contributed by atoms with van der Waals surface area (Å²) in [5, 5.41) is 12.2. The van der Waals surface area contributed by atoms with Crippen molar-refractivity contribution in [2.45, 2.75) is 25.3 Å². The van der Waals surface area contributed by atoms with Gasteiger partial charge >= 0.3 is 5.97 Å². The Morgan fingerprint density at radius 2 is 2.33 bits per heavy atom. The summed E-state index contributed by atoms with van der Waals surface area (Å²) in [6, 6.07) is 1.56. The van der Waals surface area contributed by atoms with Crippen LogP contribution in [0.2, 0.25) is 0 Å². The highest BCUT2D eigenvalue weighted by molar-refractivity contribution is 9.10. The minimum Gasteiger partial charge on any atom is -0.478 e. The van der Waals surface area contributed by atoms with E-state index in [-0.39, 0.29) is 11.1 Å². The number of aromatic nitrogens is 1. The second-order valence-corrected chi connectivity index (χ2v) is 4.96. The molecular formula is C10H11BrN2O2. The molecule has 1 fully saturated rings. The lowest BCUT2D eigenvalue weighted by atomic mass is 10.2. The Kier molecular flexibility index (Phi) is 2.42. The van der Waals surface area contributed by atoms with Gasteiger partial charge in [0, 0.05) is 16.2 Å². The van der Waals surface area contributed by atoms with E-state index in [1.807, 2.05) is 0 Å². The zero-order valence-electron chi connectivity index (χ0n) is 8.25. The fourth-order valence-electron chi connectivity index (χ4n) is 1.30. The maximum atomic E-state index is 11.0. The quantitative estimate of drug-likeness (QED) is 0.886. The van der Waals surface area contributed by atoms with Crippen LogP contribution in [-0.2, 0) is 0 Å². The van der Waals surface area contributed by atoms with Crippen molar-refractivity contribution in [3.8, 4) is 0 Å². The van der Waals surface area contributed by atoms with Gasteiger partial charge in [-0.3, -0.25) is 0 Å². The number of hydrogen-bond acceptors (Lipinski definition) is 3. The standard InChI is InChI=1S/C10H11BrN2O2/c1-10(2-3-10)13-8-7(9(14)15)4-6(11)5-12-8/h4-5H,2-3H2,1H3,(H,12,13)(H,14,15). The highest BCUT2D eigenvalue weighted by atomic mass is 79.9. The van der Waals surface area contributed by atoms with Crippen molar-refractivity contribution in [1.29, 1.82) is 0 Å². The third kappa shape index (κ3) is 2.28. The van der Waals surface area contributed by atoms with E-state index in [1.165, 1.54) is 0 Å². The Balaban J connectivity index is 2.32. The number of nitrogens with zero attached hydrogens (tertiary/aromatic N) is 1. The molecule has 1 saturated carbocycles. The number of rotatable bonds is 3. The van der Waals surface area contributed by atoms with Gasteiger partial charge in [0.1, 0.15) is 11.4 Å². The van der Waals surface area contributed by atoms with Crippen molar-refractivity contribution in [3.63, 3.8) is 0 Å². The summed E-state index contributed by atoms with van der Waals surface area (Å²) < 4.78 is 0.673. The van der Waals surface area contributed by atoms with Crippen LogP contribution in [0.15, 0.2) is 16.7 Å². The molecule has 2 rings (SSSR count). The fraction of sp³-hybridized carbons (Fsp3) is 0.400. The Labute approximate surface area is 95.8 Å². The van der Waals surface area contributed by atoms with Crippen LogP contribution < -0.4 is 5.32 Å². The Bertz CT molecular complexity index is 416. The first-order chi connectivity index (χ1) is 7.00. The molecule has 1 aromatic rings. The van der Waals surface area contributed by atoms with E-state index in [1.54, 1.807) is 12.3 Å². The normalized spacial score (nSPS) is 17.2. The van der Waals surface area contributed by atoms with Crippen LogP contribution in [0.3, 0.4) is 0 Å². The van der Waals surface area contributed by atoms with Crippen molar-refractivity contribution in [2.75, 3.05) is 5.32 Å². The largest absolute Gasteiger partial charge is 0.478 e. The van der Waals surface area contributed by atoms with Gasteiger partial charge in [-0.1, -0.05) is 0 Å². The smallest absolute Gasteiger partial charge is 0.339 e. The van der Waals surface area contributed by atoms with Gasteiger partial charge in [-0.15, -0.1) is 0 Å². The predicted molar refractivity (Wildman–Crippen MR) is 60.2 cm³/mol. The number of aromatic carboxylic acids is 1. The third-order valence-corrected chi connectivity index (χ3v) is 2.94. The monoisotopic (exact) mass is 270 g/mol. The molecule has 0 atom stereocenters. The number of hydrogen-bond donors (Lipinski definition) is 2. The zero-order chi connectivity index (χ0) is 11.1. The average molecular weight is 271 g/mol.